The van der Waals surface area contributed by atoms with E-state index in [0.29, 0.717) is 12.0 Å². The molecule has 2 bridgehead atoms. The van der Waals surface area contributed by atoms with Crippen molar-refractivity contribution in [1.82, 2.24) is 0 Å². The van der Waals surface area contributed by atoms with Crippen molar-refractivity contribution in [3.05, 3.63) is 57.7 Å². The zero-order valence-corrected chi connectivity index (χ0v) is 19.8. The van der Waals surface area contributed by atoms with Crippen LogP contribution in [0.2, 0.25) is 0 Å². The summed E-state index contributed by atoms with van der Waals surface area (Å²) in [5, 5.41) is 0. The second-order valence-electron chi connectivity index (χ2n) is 8.26. The first-order chi connectivity index (χ1) is 15.6. The number of hydrogen-bond acceptors (Lipinski definition) is 8. The normalized spacial score (nSPS) is 29.6. The van der Waals surface area contributed by atoms with Gasteiger partial charge in [0.2, 0.25) is 0 Å². The van der Waals surface area contributed by atoms with E-state index in [-0.39, 0.29) is 16.6 Å². The second kappa shape index (κ2) is 8.06. The Hall–Kier alpha value is -2.51. The Morgan fingerprint density at radius 2 is 1.70 bits per heavy atom. The molecule has 6 unspecified atom stereocenters. The molecule has 3 aliphatic rings. The van der Waals surface area contributed by atoms with Gasteiger partial charge in [-0.05, 0) is 77.5 Å². The predicted molar refractivity (Wildman–Crippen MR) is 119 cm³/mol. The van der Waals surface area contributed by atoms with Gasteiger partial charge < -0.3 is 14.2 Å². The number of halogens is 1. The summed E-state index contributed by atoms with van der Waals surface area (Å²) in [6.45, 7) is 0. The first kappa shape index (κ1) is 22.3. The van der Waals surface area contributed by atoms with Crippen LogP contribution < -0.4 is 4.74 Å². The third-order valence-electron chi connectivity index (χ3n) is 6.48. The van der Waals surface area contributed by atoms with Crippen LogP contribution in [0.4, 0.5) is 0 Å². The minimum Gasteiger partial charge on any atom is -0.458 e. The fourth-order valence-corrected chi connectivity index (χ4v) is 5.95. The highest BCUT2D eigenvalue weighted by atomic mass is 127. The minimum atomic E-state index is -4.38. The lowest BCUT2D eigenvalue weighted by molar-refractivity contribution is -0.149. The number of ether oxygens (including phenoxy) is 3. The van der Waals surface area contributed by atoms with Gasteiger partial charge in [0, 0.05) is 15.4 Å². The van der Waals surface area contributed by atoms with Crippen molar-refractivity contribution < 1.29 is 41.6 Å². The van der Waals surface area contributed by atoms with E-state index in [1.165, 1.54) is 12.1 Å². The van der Waals surface area contributed by atoms with Crippen molar-refractivity contribution in [2.45, 2.75) is 23.5 Å². The van der Waals surface area contributed by atoms with Gasteiger partial charge in [0.05, 0.1) is 22.3 Å². The van der Waals surface area contributed by atoms with Crippen molar-refractivity contribution in [1.29, 1.82) is 0 Å². The number of fused-ring (bicyclic) bond motifs is 1. The molecule has 2 aromatic rings. The lowest BCUT2D eigenvalue weighted by atomic mass is 9.78. The SMILES string of the molecule is O=C(OC1C2CC3C1OC(=O)C3C2C(=O)Oc1ccc(S(=O)(=O)O)cc1)c1ccc(I)cc1. The summed E-state index contributed by atoms with van der Waals surface area (Å²) in [4.78, 5) is 37.8. The Morgan fingerprint density at radius 1 is 1.03 bits per heavy atom. The number of esters is 3. The summed E-state index contributed by atoms with van der Waals surface area (Å²) in [5.74, 6) is -3.88. The molecule has 5 rings (SSSR count). The van der Waals surface area contributed by atoms with Gasteiger partial charge in [-0.1, -0.05) is 0 Å². The number of carbonyl (C=O) groups is 3. The average molecular weight is 584 g/mol. The molecule has 6 atom stereocenters. The van der Waals surface area contributed by atoms with Crippen LogP contribution in [-0.4, -0.2) is 43.1 Å². The summed E-state index contributed by atoms with van der Waals surface area (Å²) < 4.78 is 49.0. The lowest BCUT2D eigenvalue weighted by Crippen LogP contribution is -2.44. The molecule has 0 radical (unpaired) electrons. The first-order valence-corrected chi connectivity index (χ1v) is 12.6. The monoisotopic (exact) mass is 584 g/mol. The summed E-state index contributed by atoms with van der Waals surface area (Å²) in [6.07, 6.45) is -0.852. The number of hydrogen-bond donors (Lipinski definition) is 1. The fourth-order valence-electron chi connectivity index (χ4n) is 5.11. The number of carbonyl (C=O) groups excluding carboxylic acids is 3. The van der Waals surface area contributed by atoms with Crippen LogP contribution in [0.15, 0.2) is 53.4 Å². The van der Waals surface area contributed by atoms with E-state index in [2.05, 4.69) is 22.6 Å². The van der Waals surface area contributed by atoms with Gasteiger partial charge >= 0.3 is 17.9 Å². The van der Waals surface area contributed by atoms with Crippen LogP contribution in [0.25, 0.3) is 0 Å². The highest BCUT2D eigenvalue weighted by molar-refractivity contribution is 14.1. The van der Waals surface area contributed by atoms with Crippen molar-refractivity contribution in [3.8, 4) is 5.75 Å². The quantitative estimate of drug-likeness (QED) is 0.244. The van der Waals surface area contributed by atoms with Crippen LogP contribution in [0, 0.1) is 27.2 Å². The molecule has 1 N–H and O–H groups in total. The molecule has 0 amide bonds. The molecular weight excluding hydrogens is 567 g/mol. The molecule has 33 heavy (non-hydrogen) atoms. The molecule has 1 heterocycles. The smallest absolute Gasteiger partial charge is 0.338 e. The summed E-state index contributed by atoms with van der Waals surface area (Å²) in [5.41, 5.74) is 0.358. The molecule has 2 saturated carbocycles. The Morgan fingerprint density at radius 3 is 2.33 bits per heavy atom. The van der Waals surface area contributed by atoms with Gasteiger partial charge in [0.1, 0.15) is 18.0 Å². The number of benzene rings is 2. The maximum Gasteiger partial charge on any atom is 0.338 e. The lowest BCUT2D eigenvalue weighted by Gasteiger charge is -2.30. The van der Waals surface area contributed by atoms with E-state index in [0.717, 1.165) is 15.7 Å². The second-order valence-corrected chi connectivity index (χ2v) is 10.9. The van der Waals surface area contributed by atoms with E-state index in [1.54, 1.807) is 24.3 Å². The topological polar surface area (TPSA) is 133 Å². The van der Waals surface area contributed by atoms with Crippen LogP contribution in [-0.2, 0) is 29.2 Å². The van der Waals surface area contributed by atoms with Crippen molar-refractivity contribution in [3.63, 3.8) is 0 Å². The average Bonchev–Trinajstić information content (AvgIpc) is 3.37. The first-order valence-electron chi connectivity index (χ1n) is 10.1. The molecule has 1 aliphatic heterocycles. The largest absolute Gasteiger partial charge is 0.458 e. The third-order valence-corrected chi connectivity index (χ3v) is 8.07. The molecule has 9 nitrogen and oxygen atoms in total. The molecule has 1 saturated heterocycles. The van der Waals surface area contributed by atoms with Gasteiger partial charge in [0.25, 0.3) is 10.1 Å². The maximum absolute atomic E-state index is 13.0. The molecule has 3 fully saturated rings. The van der Waals surface area contributed by atoms with Gasteiger partial charge in [0.15, 0.2) is 0 Å². The van der Waals surface area contributed by atoms with Gasteiger partial charge in [-0.25, -0.2) is 4.79 Å². The fraction of sp³-hybridized carbons (Fsp3) is 0.318. The Balaban J connectivity index is 1.35. The van der Waals surface area contributed by atoms with Crippen molar-refractivity contribution in [2.24, 2.45) is 23.7 Å². The van der Waals surface area contributed by atoms with E-state index in [9.17, 15) is 22.8 Å². The van der Waals surface area contributed by atoms with Crippen LogP contribution in [0.3, 0.4) is 0 Å². The van der Waals surface area contributed by atoms with Gasteiger partial charge in [-0.15, -0.1) is 0 Å². The predicted octanol–water partition coefficient (Wildman–Crippen LogP) is 2.48. The van der Waals surface area contributed by atoms with E-state index in [1.807, 2.05) is 0 Å². The Kier molecular flexibility index (Phi) is 5.45. The molecule has 0 aromatic heterocycles. The van der Waals surface area contributed by atoms with Crippen molar-refractivity contribution >= 4 is 50.6 Å². The van der Waals surface area contributed by atoms with Crippen LogP contribution in [0.5, 0.6) is 5.75 Å². The van der Waals surface area contributed by atoms with Crippen LogP contribution in [0.1, 0.15) is 16.8 Å². The maximum atomic E-state index is 13.0. The van der Waals surface area contributed by atoms with E-state index in [4.69, 9.17) is 18.8 Å². The molecule has 172 valence electrons. The molecule has 2 aliphatic carbocycles. The molecule has 2 aromatic carbocycles. The molecule has 11 heteroatoms. The molecule has 0 spiro atoms. The van der Waals surface area contributed by atoms with Crippen LogP contribution >= 0.6 is 22.6 Å². The van der Waals surface area contributed by atoms with Gasteiger partial charge in [-0.2, -0.15) is 8.42 Å². The summed E-state index contributed by atoms with van der Waals surface area (Å²) in [6, 6.07) is 11.5. The Bertz CT molecular complexity index is 1240. The van der Waals surface area contributed by atoms with Crippen molar-refractivity contribution in [2.75, 3.05) is 0 Å². The van der Waals surface area contributed by atoms with E-state index >= 15 is 0 Å². The highest BCUT2D eigenvalue weighted by Gasteiger charge is 2.70. The van der Waals surface area contributed by atoms with Gasteiger partial charge in [-0.3, -0.25) is 14.1 Å². The van der Waals surface area contributed by atoms with E-state index < -0.39 is 58.0 Å². The third kappa shape index (κ3) is 3.91. The zero-order valence-electron chi connectivity index (χ0n) is 16.8. The Labute approximate surface area is 202 Å². The zero-order chi connectivity index (χ0) is 23.5. The number of rotatable bonds is 5. The molecular formula is C22H17IO9S. The minimum absolute atomic E-state index is 0.0607. The standard InChI is InChI=1S/C22H17IO9S/c23-11-3-1-10(2-4-11)20(24)31-18-14-9-15-17(22(26)32-19(15)18)16(14)21(25)30-12-5-7-13(8-6-12)33(27,28)29/h1-8,14-19H,9H2,(H,27,28,29). The summed E-state index contributed by atoms with van der Waals surface area (Å²) >= 11 is 2.12. The summed E-state index contributed by atoms with van der Waals surface area (Å²) in [7, 11) is -4.38. The highest BCUT2D eigenvalue weighted by Crippen LogP contribution is 2.59.